The third kappa shape index (κ3) is 2.80. The summed E-state index contributed by atoms with van der Waals surface area (Å²) in [4.78, 5) is 0. The highest BCUT2D eigenvalue weighted by Gasteiger charge is 2.41. The second-order valence-electron chi connectivity index (χ2n) is 5.04. The summed E-state index contributed by atoms with van der Waals surface area (Å²) in [6, 6.07) is 32.1. The van der Waals surface area contributed by atoms with Crippen LogP contribution in [0.5, 0.6) is 0 Å². The van der Waals surface area contributed by atoms with Crippen LogP contribution in [0.25, 0.3) is 0 Å². The minimum absolute atomic E-state index is 0.223. The van der Waals surface area contributed by atoms with E-state index in [2.05, 4.69) is 122 Å². The lowest BCUT2D eigenvalue weighted by Crippen LogP contribution is -2.24. The molecule has 0 aromatic heterocycles. The summed E-state index contributed by atoms with van der Waals surface area (Å²) in [5.41, 5.74) is 3.85. The Bertz CT molecular complexity index is 616. The van der Waals surface area contributed by atoms with Gasteiger partial charge in [-0.1, -0.05) is 91.0 Å². The molecule has 22 heavy (non-hydrogen) atoms. The largest absolute Gasteiger partial charge is 0.0848 e. The second-order valence-corrected chi connectivity index (χ2v) is 13.3. The smallest absolute Gasteiger partial charge is 0.0622 e. The normalized spacial score (nSPS) is 11.6. The van der Waals surface area contributed by atoms with Gasteiger partial charge in [-0.2, -0.15) is 0 Å². The fourth-order valence-corrected chi connectivity index (χ4v) is 7.55. The Morgan fingerprint density at radius 1 is 0.500 bits per heavy atom. The maximum Gasteiger partial charge on any atom is 0.0848 e. The van der Waals surface area contributed by atoms with Crippen molar-refractivity contribution in [1.29, 1.82) is 0 Å². The minimum Gasteiger partial charge on any atom is -0.0622 e. The molecular weight excluding hydrogens is 419 g/mol. The summed E-state index contributed by atoms with van der Waals surface area (Å²) in [6.45, 7) is 0. The lowest BCUT2D eigenvalue weighted by Gasteiger charge is -2.37. The average molecular weight is 434 g/mol. The molecule has 110 valence electrons. The van der Waals surface area contributed by atoms with Crippen molar-refractivity contribution in [2.75, 3.05) is 0 Å². The van der Waals surface area contributed by atoms with Crippen LogP contribution in [0.3, 0.4) is 0 Å². The average Bonchev–Trinajstić information content (AvgIpc) is 2.58. The molecule has 0 aliphatic rings. The van der Waals surface area contributed by atoms with E-state index in [1.54, 1.807) is 0 Å². The zero-order valence-corrected chi connectivity index (χ0v) is 15.9. The summed E-state index contributed by atoms with van der Waals surface area (Å²) in [7, 11) is 0. The highest BCUT2D eigenvalue weighted by Crippen LogP contribution is 2.72. The van der Waals surface area contributed by atoms with Crippen molar-refractivity contribution in [2.45, 2.75) is 5.16 Å². The fraction of sp³-hybridized carbons (Fsp3) is 0.0526. The van der Waals surface area contributed by atoms with E-state index in [1.807, 2.05) is 0 Å². The highest BCUT2D eigenvalue weighted by molar-refractivity contribution is 9.69. The Balaban J connectivity index is 2.34. The summed E-state index contributed by atoms with van der Waals surface area (Å²) < 4.78 is 0. The molecule has 3 aromatic carbocycles. The van der Waals surface area contributed by atoms with E-state index >= 15 is 0 Å². The van der Waals surface area contributed by atoms with Crippen molar-refractivity contribution in [2.24, 2.45) is 0 Å². The predicted octanol–water partition coefficient (Wildman–Crippen LogP) is 7.08. The first-order chi connectivity index (χ1) is 10.8. The molecule has 0 heterocycles. The molecular formula is C19H15Br2P. The van der Waals surface area contributed by atoms with E-state index in [0.717, 1.165) is 0 Å². The van der Waals surface area contributed by atoms with Crippen molar-refractivity contribution in [3.05, 3.63) is 108 Å². The van der Waals surface area contributed by atoms with Gasteiger partial charge in [0.05, 0.1) is 10.5 Å². The molecule has 0 aliphatic heterocycles. The Morgan fingerprint density at radius 3 is 1.00 bits per heavy atom. The van der Waals surface area contributed by atoms with Crippen LogP contribution in [0, 0.1) is 0 Å². The van der Waals surface area contributed by atoms with Crippen LogP contribution < -0.4 is 0 Å². The molecule has 0 saturated carbocycles. The van der Waals surface area contributed by atoms with Gasteiger partial charge < -0.3 is 0 Å². The molecule has 0 bridgehead atoms. The van der Waals surface area contributed by atoms with Gasteiger partial charge in [-0.3, -0.25) is 0 Å². The molecule has 0 fully saturated rings. The summed E-state index contributed by atoms with van der Waals surface area (Å²) in [5, 5.41) is -0.875. The van der Waals surface area contributed by atoms with Crippen LogP contribution in [0.4, 0.5) is 0 Å². The van der Waals surface area contributed by atoms with Gasteiger partial charge in [0.1, 0.15) is 0 Å². The number of halogens is 2. The number of hydrogen-bond donors (Lipinski definition) is 0. The molecule has 0 nitrogen and oxygen atoms in total. The van der Waals surface area contributed by atoms with Crippen LogP contribution in [-0.4, -0.2) is 0 Å². The summed E-state index contributed by atoms with van der Waals surface area (Å²) in [6.07, 6.45) is 0. The zero-order chi connectivity index (χ0) is 15.4. The molecule has 3 aromatic rings. The first-order valence-corrected chi connectivity index (χ1v) is 12.4. The van der Waals surface area contributed by atoms with Crippen molar-refractivity contribution in [1.82, 2.24) is 0 Å². The minimum atomic E-state index is -0.652. The number of hydrogen-bond acceptors (Lipinski definition) is 0. The Hall–Kier alpha value is -0.950. The Labute approximate surface area is 148 Å². The van der Waals surface area contributed by atoms with Gasteiger partial charge in [0, 0.05) is 0 Å². The maximum absolute atomic E-state index is 3.89. The molecule has 0 amide bonds. The summed E-state index contributed by atoms with van der Waals surface area (Å²) >= 11 is 7.78. The SMILES string of the molecule is BrP(Br)C(c1ccccc1)(c1ccccc1)c1ccccc1. The maximum atomic E-state index is 3.89. The van der Waals surface area contributed by atoms with Gasteiger partial charge in [0.2, 0.25) is 0 Å². The predicted molar refractivity (Wildman–Crippen MR) is 104 cm³/mol. The summed E-state index contributed by atoms with van der Waals surface area (Å²) in [5.74, 6) is 0. The van der Waals surface area contributed by atoms with Crippen LogP contribution in [0.1, 0.15) is 16.7 Å². The lowest BCUT2D eigenvalue weighted by atomic mass is 9.84. The topological polar surface area (TPSA) is 0 Å². The molecule has 0 N–H and O–H groups in total. The molecule has 3 rings (SSSR count). The third-order valence-corrected chi connectivity index (χ3v) is 8.30. The van der Waals surface area contributed by atoms with Crippen LogP contribution in [0.2, 0.25) is 0 Å². The first kappa shape index (κ1) is 15.9. The van der Waals surface area contributed by atoms with E-state index in [9.17, 15) is 0 Å². The van der Waals surface area contributed by atoms with Crippen molar-refractivity contribution >= 4 is 36.3 Å². The van der Waals surface area contributed by atoms with Crippen molar-refractivity contribution < 1.29 is 0 Å². The molecule has 0 unspecified atom stereocenters. The standard InChI is InChI=1S/C19H15Br2P/c20-22(21)19(16-10-4-1-5-11-16,17-12-6-2-7-13-17)18-14-8-3-9-15-18/h1-15H. The first-order valence-electron chi connectivity index (χ1n) is 7.04. The van der Waals surface area contributed by atoms with Crippen LogP contribution in [0.15, 0.2) is 91.0 Å². The van der Waals surface area contributed by atoms with Gasteiger partial charge in [-0.15, -0.1) is 0 Å². The molecule has 3 heteroatoms. The highest BCUT2D eigenvalue weighted by atomic mass is 79.9. The Morgan fingerprint density at radius 2 is 0.773 bits per heavy atom. The van der Waals surface area contributed by atoms with E-state index in [4.69, 9.17) is 0 Å². The van der Waals surface area contributed by atoms with Gasteiger partial charge in [-0.25, -0.2) is 0 Å². The van der Waals surface area contributed by atoms with Gasteiger partial charge >= 0.3 is 0 Å². The fourth-order valence-electron chi connectivity index (χ4n) is 2.83. The van der Waals surface area contributed by atoms with Crippen LogP contribution >= 0.6 is 36.3 Å². The van der Waals surface area contributed by atoms with Crippen LogP contribution in [-0.2, 0) is 5.16 Å². The van der Waals surface area contributed by atoms with E-state index in [0.29, 0.717) is 0 Å². The number of benzene rings is 3. The molecule has 0 radical (unpaired) electrons. The third-order valence-electron chi connectivity index (χ3n) is 3.83. The zero-order valence-electron chi connectivity index (χ0n) is 11.9. The van der Waals surface area contributed by atoms with Gasteiger partial charge in [0.15, 0.2) is 0 Å². The second kappa shape index (κ2) is 7.08. The van der Waals surface area contributed by atoms with E-state index in [-0.39, 0.29) is 5.16 Å². The number of rotatable bonds is 4. The molecule has 0 saturated heterocycles. The van der Waals surface area contributed by atoms with Crippen molar-refractivity contribution in [3.8, 4) is 0 Å². The molecule has 0 atom stereocenters. The molecule has 0 aliphatic carbocycles. The monoisotopic (exact) mass is 432 g/mol. The molecule has 0 spiro atoms. The van der Waals surface area contributed by atoms with Crippen molar-refractivity contribution in [3.63, 3.8) is 0 Å². The van der Waals surface area contributed by atoms with E-state index in [1.165, 1.54) is 16.7 Å². The van der Waals surface area contributed by atoms with Gasteiger partial charge in [0.25, 0.3) is 0 Å². The quantitative estimate of drug-likeness (QED) is 0.304. The Kier molecular flexibility index (Phi) is 5.13. The van der Waals surface area contributed by atoms with E-state index < -0.39 is 5.33 Å². The lowest BCUT2D eigenvalue weighted by molar-refractivity contribution is 0.893. The van der Waals surface area contributed by atoms with Gasteiger partial charge in [-0.05, 0) is 47.7 Å².